The van der Waals surface area contributed by atoms with Crippen LogP contribution in [0.15, 0.2) is 81.7 Å². The normalized spacial score (nSPS) is 12.1. The third-order valence-corrected chi connectivity index (χ3v) is 5.78. The van der Waals surface area contributed by atoms with Crippen molar-refractivity contribution in [2.75, 3.05) is 0 Å². The molecule has 1 atom stereocenters. The topological polar surface area (TPSA) is 46.9 Å². The third-order valence-electron chi connectivity index (χ3n) is 4.76. The van der Waals surface area contributed by atoms with E-state index in [-0.39, 0.29) is 11.9 Å². The van der Waals surface area contributed by atoms with Gasteiger partial charge in [0.15, 0.2) is 0 Å². The van der Waals surface area contributed by atoms with Crippen molar-refractivity contribution in [1.29, 1.82) is 0 Å². The maximum Gasteiger partial charge on any atom is 0.251 e. The summed E-state index contributed by atoms with van der Waals surface area (Å²) in [4.78, 5) is 17.5. The number of para-hydroxylation sites is 2. The standard InChI is InChI=1S/C23H19Br2N3O/c1-15(26-23(29)17-5-4-6-19(25)13-17)22-27-20-7-2-3-8-21(20)28(22)14-16-9-11-18(24)12-10-16/h2-13,15H,14H2,1H3,(H,26,29). The van der Waals surface area contributed by atoms with E-state index in [1.165, 1.54) is 5.56 Å². The van der Waals surface area contributed by atoms with Crippen molar-refractivity contribution in [2.45, 2.75) is 19.5 Å². The molecule has 1 N–H and O–H groups in total. The Morgan fingerprint density at radius 1 is 1.00 bits per heavy atom. The molecular weight excluding hydrogens is 494 g/mol. The van der Waals surface area contributed by atoms with Gasteiger partial charge < -0.3 is 9.88 Å². The molecule has 4 aromatic rings. The van der Waals surface area contributed by atoms with E-state index in [1.54, 1.807) is 6.07 Å². The fourth-order valence-corrected chi connectivity index (χ4v) is 4.00. The van der Waals surface area contributed by atoms with Crippen molar-refractivity contribution in [3.8, 4) is 0 Å². The van der Waals surface area contributed by atoms with Crippen LogP contribution in [0.4, 0.5) is 0 Å². The van der Waals surface area contributed by atoms with Gasteiger partial charge in [-0.1, -0.05) is 62.2 Å². The predicted molar refractivity (Wildman–Crippen MR) is 123 cm³/mol. The quantitative estimate of drug-likeness (QED) is 0.351. The molecule has 0 aliphatic rings. The first-order chi connectivity index (χ1) is 14.0. The molecule has 146 valence electrons. The third kappa shape index (κ3) is 4.43. The van der Waals surface area contributed by atoms with Gasteiger partial charge in [0.25, 0.3) is 5.91 Å². The maximum atomic E-state index is 12.7. The minimum atomic E-state index is -0.246. The Bertz CT molecular complexity index is 1170. The Kier molecular flexibility index (Phi) is 5.83. The van der Waals surface area contributed by atoms with Gasteiger partial charge in [-0.3, -0.25) is 4.79 Å². The highest BCUT2D eigenvalue weighted by atomic mass is 79.9. The summed E-state index contributed by atoms with van der Waals surface area (Å²) >= 11 is 6.90. The summed E-state index contributed by atoms with van der Waals surface area (Å²) in [5.74, 6) is 0.707. The number of nitrogens with zero attached hydrogens (tertiary/aromatic N) is 2. The Labute approximate surface area is 186 Å². The van der Waals surface area contributed by atoms with Crippen LogP contribution < -0.4 is 5.32 Å². The highest BCUT2D eigenvalue weighted by Crippen LogP contribution is 2.23. The zero-order chi connectivity index (χ0) is 20.4. The summed E-state index contributed by atoms with van der Waals surface area (Å²) in [6, 6.07) is 23.4. The average Bonchev–Trinajstić information content (AvgIpc) is 3.08. The van der Waals surface area contributed by atoms with E-state index in [0.29, 0.717) is 12.1 Å². The Morgan fingerprint density at radius 2 is 1.76 bits per heavy atom. The van der Waals surface area contributed by atoms with Gasteiger partial charge in [-0.25, -0.2) is 4.98 Å². The molecule has 0 radical (unpaired) electrons. The Hall–Kier alpha value is -2.44. The fourth-order valence-electron chi connectivity index (χ4n) is 3.34. The highest BCUT2D eigenvalue weighted by molar-refractivity contribution is 9.10. The van der Waals surface area contributed by atoms with Crippen LogP contribution in [0.5, 0.6) is 0 Å². The molecule has 0 saturated carbocycles. The van der Waals surface area contributed by atoms with E-state index >= 15 is 0 Å². The number of imidazole rings is 1. The molecular formula is C23H19Br2N3O. The summed E-state index contributed by atoms with van der Waals surface area (Å²) in [5.41, 5.74) is 3.75. The number of aromatic nitrogens is 2. The zero-order valence-corrected chi connectivity index (χ0v) is 18.9. The van der Waals surface area contributed by atoms with Gasteiger partial charge in [-0.15, -0.1) is 0 Å². The summed E-state index contributed by atoms with van der Waals surface area (Å²) < 4.78 is 4.09. The molecule has 3 aromatic carbocycles. The molecule has 0 spiro atoms. The molecule has 4 rings (SSSR count). The molecule has 1 aromatic heterocycles. The summed E-state index contributed by atoms with van der Waals surface area (Å²) in [6.45, 7) is 2.65. The van der Waals surface area contributed by atoms with Crippen molar-refractivity contribution in [3.63, 3.8) is 0 Å². The van der Waals surface area contributed by atoms with Crippen LogP contribution in [0.3, 0.4) is 0 Å². The molecule has 0 fully saturated rings. The fraction of sp³-hybridized carbons (Fsp3) is 0.130. The second-order valence-electron chi connectivity index (χ2n) is 6.88. The number of hydrogen-bond donors (Lipinski definition) is 1. The second-order valence-corrected chi connectivity index (χ2v) is 8.71. The molecule has 29 heavy (non-hydrogen) atoms. The van der Waals surface area contributed by atoms with Gasteiger partial charge in [0, 0.05) is 21.1 Å². The number of nitrogens with one attached hydrogen (secondary N) is 1. The highest BCUT2D eigenvalue weighted by Gasteiger charge is 2.19. The van der Waals surface area contributed by atoms with Gasteiger partial charge in [0.1, 0.15) is 5.82 Å². The maximum absolute atomic E-state index is 12.7. The van der Waals surface area contributed by atoms with Gasteiger partial charge in [0.2, 0.25) is 0 Å². The largest absolute Gasteiger partial charge is 0.342 e. The molecule has 4 nitrogen and oxygen atoms in total. The number of rotatable bonds is 5. The zero-order valence-electron chi connectivity index (χ0n) is 15.8. The van der Waals surface area contributed by atoms with Crippen LogP contribution in [-0.2, 0) is 6.54 Å². The van der Waals surface area contributed by atoms with Crippen LogP contribution in [0.2, 0.25) is 0 Å². The molecule has 0 saturated heterocycles. The molecule has 1 heterocycles. The lowest BCUT2D eigenvalue weighted by molar-refractivity contribution is 0.0937. The van der Waals surface area contributed by atoms with Crippen molar-refractivity contribution in [3.05, 3.63) is 98.7 Å². The molecule has 6 heteroatoms. The molecule has 0 aliphatic carbocycles. The smallest absolute Gasteiger partial charge is 0.251 e. The number of halogens is 2. The molecule has 1 unspecified atom stereocenters. The SMILES string of the molecule is CC(NC(=O)c1cccc(Br)c1)c1nc2ccccc2n1Cc1ccc(Br)cc1. The van der Waals surface area contributed by atoms with Gasteiger partial charge >= 0.3 is 0 Å². The predicted octanol–water partition coefficient (Wildman–Crippen LogP) is 6.10. The summed E-state index contributed by atoms with van der Waals surface area (Å²) in [6.07, 6.45) is 0. The van der Waals surface area contributed by atoms with E-state index in [9.17, 15) is 4.79 Å². The van der Waals surface area contributed by atoms with Crippen molar-refractivity contribution in [2.24, 2.45) is 0 Å². The number of hydrogen-bond acceptors (Lipinski definition) is 2. The van der Waals surface area contributed by atoms with E-state index < -0.39 is 0 Å². The molecule has 1 amide bonds. The lowest BCUT2D eigenvalue weighted by Gasteiger charge is -2.17. The lowest BCUT2D eigenvalue weighted by atomic mass is 10.2. The first kappa shape index (κ1) is 19.9. The number of carbonyl (C=O) groups is 1. The first-order valence-corrected chi connectivity index (χ1v) is 10.9. The number of amides is 1. The average molecular weight is 513 g/mol. The summed E-state index contributed by atoms with van der Waals surface area (Å²) in [7, 11) is 0. The summed E-state index contributed by atoms with van der Waals surface area (Å²) in [5, 5.41) is 3.09. The first-order valence-electron chi connectivity index (χ1n) is 9.27. The van der Waals surface area contributed by atoms with E-state index in [2.05, 4.69) is 59.9 Å². The van der Waals surface area contributed by atoms with E-state index in [4.69, 9.17) is 4.98 Å². The van der Waals surface area contributed by atoms with Gasteiger partial charge in [-0.05, 0) is 55.0 Å². The monoisotopic (exact) mass is 511 g/mol. The van der Waals surface area contributed by atoms with Gasteiger partial charge in [0.05, 0.1) is 17.1 Å². The van der Waals surface area contributed by atoms with Crippen LogP contribution in [-0.4, -0.2) is 15.5 Å². The van der Waals surface area contributed by atoms with Crippen molar-refractivity contribution >= 4 is 48.8 Å². The second kappa shape index (κ2) is 8.51. The Morgan fingerprint density at radius 3 is 2.52 bits per heavy atom. The molecule has 0 bridgehead atoms. The number of benzene rings is 3. The Balaban J connectivity index is 1.67. The minimum absolute atomic E-state index is 0.124. The number of carbonyl (C=O) groups excluding carboxylic acids is 1. The lowest BCUT2D eigenvalue weighted by Crippen LogP contribution is -2.28. The molecule has 0 aliphatic heterocycles. The van der Waals surface area contributed by atoms with Crippen LogP contribution in [0.1, 0.15) is 34.7 Å². The van der Waals surface area contributed by atoms with Crippen LogP contribution in [0, 0.1) is 0 Å². The number of fused-ring (bicyclic) bond motifs is 1. The van der Waals surface area contributed by atoms with Crippen molar-refractivity contribution < 1.29 is 4.79 Å². The van der Waals surface area contributed by atoms with Gasteiger partial charge in [-0.2, -0.15) is 0 Å². The van der Waals surface area contributed by atoms with E-state index in [1.807, 2.05) is 55.5 Å². The van der Waals surface area contributed by atoms with Crippen molar-refractivity contribution in [1.82, 2.24) is 14.9 Å². The van der Waals surface area contributed by atoms with Crippen LogP contribution >= 0.6 is 31.9 Å². The minimum Gasteiger partial charge on any atom is -0.342 e. The van der Waals surface area contributed by atoms with E-state index in [0.717, 1.165) is 25.8 Å². The van der Waals surface area contributed by atoms with Crippen LogP contribution in [0.25, 0.3) is 11.0 Å².